The molecular formula is C17H21NO4S. The van der Waals surface area contributed by atoms with Crippen molar-refractivity contribution in [3.8, 4) is 0 Å². The molecule has 5 nitrogen and oxygen atoms in total. The Kier molecular flexibility index (Phi) is 5.76. The van der Waals surface area contributed by atoms with Crippen molar-refractivity contribution in [2.75, 3.05) is 6.54 Å². The highest BCUT2D eigenvalue weighted by molar-refractivity contribution is 7.92. The van der Waals surface area contributed by atoms with Crippen molar-refractivity contribution in [1.29, 1.82) is 0 Å². The van der Waals surface area contributed by atoms with Crippen LogP contribution in [0.25, 0.3) is 6.08 Å². The van der Waals surface area contributed by atoms with Crippen LogP contribution in [0.1, 0.15) is 35.2 Å². The molecule has 23 heavy (non-hydrogen) atoms. The van der Waals surface area contributed by atoms with Gasteiger partial charge in [0.15, 0.2) is 0 Å². The Morgan fingerprint density at radius 3 is 2.57 bits per heavy atom. The van der Waals surface area contributed by atoms with Crippen LogP contribution in [-0.2, 0) is 10.0 Å². The molecule has 124 valence electrons. The summed E-state index contributed by atoms with van der Waals surface area (Å²) in [6.45, 7) is 3.73. The summed E-state index contributed by atoms with van der Waals surface area (Å²) in [6.07, 6.45) is 1.05. The zero-order valence-electron chi connectivity index (χ0n) is 13.2. The molecule has 1 atom stereocenters. The van der Waals surface area contributed by atoms with Crippen molar-refractivity contribution in [2.45, 2.75) is 26.4 Å². The zero-order chi connectivity index (χ0) is 16.9. The van der Waals surface area contributed by atoms with Gasteiger partial charge in [-0.3, -0.25) is 0 Å². The van der Waals surface area contributed by atoms with Crippen LogP contribution in [0.4, 0.5) is 0 Å². The van der Waals surface area contributed by atoms with Crippen LogP contribution in [0.5, 0.6) is 0 Å². The zero-order valence-corrected chi connectivity index (χ0v) is 14.0. The maximum Gasteiger partial charge on any atom is 0.233 e. The van der Waals surface area contributed by atoms with Gasteiger partial charge in [-0.25, -0.2) is 13.1 Å². The van der Waals surface area contributed by atoms with Crippen molar-refractivity contribution in [1.82, 2.24) is 4.72 Å². The molecule has 0 saturated heterocycles. The normalized spacial score (nSPS) is 13.5. The van der Waals surface area contributed by atoms with Gasteiger partial charge in [-0.15, -0.1) is 0 Å². The lowest BCUT2D eigenvalue weighted by atomic mass is 10.1. The highest BCUT2D eigenvalue weighted by Gasteiger charge is 2.15. The predicted molar refractivity (Wildman–Crippen MR) is 90.2 cm³/mol. The Hall–Kier alpha value is -1.89. The standard InChI is InChI=1S/C17H21NO4S/c1-13-12-16(14(2)22-13)17(19)8-10-18-23(20,21)11-9-15-6-4-3-5-7-15/h3-7,9,11-12,17-19H,8,10H2,1-2H3/b11-9+/t17-/m1/s1. The summed E-state index contributed by atoms with van der Waals surface area (Å²) in [6, 6.07) is 10.9. The molecule has 0 amide bonds. The summed E-state index contributed by atoms with van der Waals surface area (Å²) in [5, 5.41) is 11.2. The lowest BCUT2D eigenvalue weighted by Gasteiger charge is -2.09. The fourth-order valence-electron chi connectivity index (χ4n) is 2.26. The van der Waals surface area contributed by atoms with Crippen molar-refractivity contribution in [3.05, 3.63) is 64.5 Å². The summed E-state index contributed by atoms with van der Waals surface area (Å²) in [5.74, 6) is 1.38. The van der Waals surface area contributed by atoms with Gasteiger partial charge < -0.3 is 9.52 Å². The lowest BCUT2D eigenvalue weighted by molar-refractivity contribution is 0.167. The number of furan rings is 1. The van der Waals surface area contributed by atoms with Crippen molar-refractivity contribution in [3.63, 3.8) is 0 Å². The molecule has 0 bridgehead atoms. The van der Waals surface area contributed by atoms with Crippen LogP contribution in [0.15, 0.2) is 46.2 Å². The first-order valence-corrected chi connectivity index (χ1v) is 8.90. The third-order valence-electron chi connectivity index (χ3n) is 3.40. The number of benzene rings is 1. The molecule has 6 heteroatoms. The Morgan fingerprint density at radius 2 is 1.96 bits per heavy atom. The topological polar surface area (TPSA) is 79.5 Å². The second-order valence-corrected chi connectivity index (χ2v) is 6.98. The highest BCUT2D eigenvalue weighted by atomic mass is 32.2. The molecule has 1 aromatic heterocycles. The van der Waals surface area contributed by atoms with Crippen molar-refractivity contribution >= 4 is 16.1 Å². The SMILES string of the molecule is Cc1cc([C@H](O)CCNS(=O)(=O)/C=C/c2ccccc2)c(C)o1. The molecule has 0 saturated carbocycles. The first kappa shape index (κ1) is 17.5. The van der Waals surface area contributed by atoms with Gasteiger partial charge in [0.1, 0.15) is 11.5 Å². The number of aliphatic hydroxyl groups excluding tert-OH is 1. The van der Waals surface area contributed by atoms with Crippen LogP contribution in [0.3, 0.4) is 0 Å². The average Bonchev–Trinajstić information content (AvgIpc) is 2.85. The summed E-state index contributed by atoms with van der Waals surface area (Å²) in [7, 11) is -3.53. The first-order valence-electron chi connectivity index (χ1n) is 7.35. The fraction of sp³-hybridized carbons (Fsp3) is 0.294. The number of hydrogen-bond acceptors (Lipinski definition) is 4. The molecule has 2 aromatic rings. The van der Waals surface area contributed by atoms with E-state index in [0.717, 1.165) is 16.7 Å². The van der Waals surface area contributed by atoms with Crippen LogP contribution in [0.2, 0.25) is 0 Å². The molecule has 0 radical (unpaired) electrons. The highest BCUT2D eigenvalue weighted by Crippen LogP contribution is 2.23. The van der Waals surface area contributed by atoms with Gasteiger partial charge in [-0.2, -0.15) is 0 Å². The maximum atomic E-state index is 11.9. The van der Waals surface area contributed by atoms with Gasteiger partial charge in [0.25, 0.3) is 0 Å². The largest absolute Gasteiger partial charge is 0.466 e. The van der Waals surface area contributed by atoms with Gasteiger partial charge in [0, 0.05) is 17.5 Å². The lowest BCUT2D eigenvalue weighted by Crippen LogP contribution is -2.23. The molecule has 0 aliphatic heterocycles. The molecule has 0 fully saturated rings. The Balaban J connectivity index is 1.87. The Bertz CT molecular complexity index is 763. The molecule has 2 N–H and O–H groups in total. The summed E-state index contributed by atoms with van der Waals surface area (Å²) in [5.41, 5.74) is 1.50. The molecule has 0 aliphatic carbocycles. The number of aryl methyl sites for hydroxylation is 2. The fourth-order valence-corrected chi connectivity index (χ4v) is 3.09. The van der Waals surface area contributed by atoms with E-state index in [0.29, 0.717) is 11.3 Å². The second kappa shape index (κ2) is 7.59. The minimum atomic E-state index is -3.53. The van der Waals surface area contributed by atoms with Gasteiger partial charge in [-0.1, -0.05) is 30.3 Å². The van der Waals surface area contributed by atoms with Gasteiger partial charge in [-0.05, 0) is 38.0 Å². The summed E-state index contributed by atoms with van der Waals surface area (Å²) >= 11 is 0. The van der Waals surface area contributed by atoms with E-state index in [1.165, 1.54) is 6.08 Å². The van der Waals surface area contributed by atoms with Gasteiger partial charge in [0.05, 0.1) is 6.10 Å². The third-order valence-corrected chi connectivity index (χ3v) is 4.50. The maximum absolute atomic E-state index is 11.9. The molecule has 0 spiro atoms. The van der Waals surface area contributed by atoms with Crippen molar-refractivity contribution in [2.24, 2.45) is 0 Å². The van der Waals surface area contributed by atoms with Gasteiger partial charge in [0.2, 0.25) is 10.0 Å². The van der Waals surface area contributed by atoms with E-state index in [1.54, 1.807) is 19.9 Å². The summed E-state index contributed by atoms with van der Waals surface area (Å²) in [4.78, 5) is 0. The van der Waals surface area contributed by atoms with Crippen LogP contribution >= 0.6 is 0 Å². The Labute approximate surface area is 136 Å². The smallest absolute Gasteiger partial charge is 0.233 e. The van der Waals surface area contributed by atoms with Crippen molar-refractivity contribution < 1.29 is 17.9 Å². The van der Waals surface area contributed by atoms with Crippen LogP contribution < -0.4 is 4.72 Å². The van der Waals surface area contributed by atoms with E-state index in [9.17, 15) is 13.5 Å². The number of sulfonamides is 1. The minimum Gasteiger partial charge on any atom is -0.466 e. The average molecular weight is 335 g/mol. The monoisotopic (exact) mass is 335 g/mol. The van der Waals surface area contributed by atoms with Gasteiger partial charge >= 0.3 is 0 Å². The van der Waals surface area contributed by atoms with E-state index in [-0.39, 0.29) is 13.0 Å². The van der Waals surface area contributed by atoms with E-state index in [2.05, 4.69) is 4.72 Å². The number of hydrogen-bond donors (Lipinski definition) is 2. The van der Waals surface area contributed by atoms with E-state index < -0.39 is 16.1 Å². The van der Waals surface area contributed by atoms with E-state index >= 15 is 0 Å². The van der Waals surface area contributed by atoms with E-state index in [4.69, 9.17) is 4.42 Å². The minimum absolute atomic E-state index is 0.145. The second-order valence-electron chi connectivity index (χ2n) is 5.33. The van der Waals surface area contributed by atoms with E-state index in [1.807, 2.05) is 30.3 Å². The first-order chi connectivity index (χ1) is 10.9. The summed E-state index contributed by atoms with van der Waals surface area (Å²) < 4.78 is 31.6. The molecule has 2 rings (SSSR count). The molecule has 0 unspecified atom stereocenters. The quantitative estimate of drug-likeness (QED) is 0.815. The third kappa shape index (κ3) is 5.35. The number of rotatable bonds is 7. The molecular weight excluding hydrogens is 314 g/mol. The predicted octanol–water partition coefficient (Wildman–Crippen LogP) is 2.91. The molecule has 0 aliphatic rings. The molecule has 1 aromatic carbocycles. The van der Waals surface area contributed by atoms with Crippen LogP contribution in [0, 0.1) is 13.8 Å². The molecule has 1 heterocycles. The number of nitrogens with one attached hydrogen (secondary N) is 1. The number of aliphatic hydroxyl groups is 1. The van der Waals surface area contributed by atoms with Crippen LogP contribution in [-0.4, -0.2) is 20.1 Å². The Morgan fingerprint density at radius 1 is 1.26 bits per heavy atom.